The lowest BCUT2D eigenvalue weighted by molar-refractivity contribution is 0.0948. The summed E-state index contributed by atoms with van der Waals surface area (Å²) < 4.78 is 0. The van der Waals surface area contributed by atoms with E-state index in [2.05, 4.69) is 27.8 Å². The summed E-state index contributed by atoms with van der Waals surface area (Å²) in [5.74, 6) is -0.253. The van der Waals surface area contributed by atoms with Crippen molar-refractivity contribution in [1.29, 1.82) is 0 Å². The second-order valence-electron chi connectivity index (χ2n) is 5.85. The van der Waals surface area contributed by atoms with Crippen LogP contribution in [0, 0.1) is 13.8 Å². The quantitative estimate of drug-likeness (QED) is 0.729. The summed E-state index contributed by atoms with van der Waals surface area (Å²) in [7, 11) is 3.32. The molecule has 1 heterocycles. The van der Waals surface area contributed by atoms with Crippen LogP contribution >= 0.6 is 0 Å². The summed E-state index contributed by atoms with van der Waals surface area (Å²) in [4.78, 5) is 24.9. The minimum absolute atomic E-state index is 0.192. The third-order valence-corrected chi connectivity index (χ3v) is 3.72. The molecule has 2 aromatic rings. The van der Waals surface area contributed by atoms with Crippen molar-refractivity contribution in [3.05, 3.63) is 41.1 Å². The maximum Gasteiger partial charge on any atom is 0.316 e. The van der Waals surface area contributed by atoms with Gasteiger partial charge in [0.25, 0.3) is 5.91 Å². The average Bonchev–Trinajstić information content (AvgIpc) is 3.03. The fourth-order valence-electron chi connectivity index (χ4n) is 2.09. The van der Waals surface area contributed by atoms with Crippen molar-refractivity contribution < 1.29 is 9.59 Å². The number of carbonyl (C=O) groups is 2. The van der Waals surface area contributed by atoms with Gasteiger partial charge in [-0.15, -0.1) is 0 Å². The summed E-state index contributed by atoms with van der Waals surface area (Å²) in [5.41, 5.74) is 4.48. The Balaban J connectivity index is 1.91. The monoisotopic (exact) mass is 329 g/mol. The lowest BCUT2D eigenvalue weighted by Crippen LogP contribution is -2.39. The number of aromatic amines is 1. The highest BCUT2D eigenvalue weighted by molar-refractivity contribution is 5.93. The molecule has 7 heteroatoms. The van der Waals surface area contributed by atoms with Gasteiger partial charge in [0, 0.05) is 32.7 Å². The van der Waals surface area contributed by atoms with E-state index in [-0.39, 0.29) is 11.9 Å². The summed E-state index contributed by atoms with van der Waals surface area (Å²) in [5, 5.41) is 12.4. The van der Waals surface area contributed by atoms with Crippen LogP contribution in [0.1, 0.15) is 21.6 Å². The van der Waals surface area contributed by atoms with Crippen LogP contribution in [0.4, 0.5) is 4.79 Å². The molecule has 0 saturated heterocycles. The van der Waals surface area contributed by atoms with Crippen LogP contribution < -0.4 is 10.6 Å². The zero-order valence-corrected chi connectivity index (χ0v) is 14.4. The number of aryl methyl sites for hydroxylation is 2. The molecule has 3 amide bonds. The predicted octanol–water partition coefficient (Wildman–Crippen LogP) is 1.69. The van der Waals surface area contributed by atoms with Crippen LogP contribution in [-0.4, -0.2) is 54.2 Å². The van der Waals surface area contributed by atoms with E-state index in [1.807, 2.05) is 25.1 Å². The summed E-state index contributed by atoms with van der Waals surface area (Å²) in [6, 6.07) is 7.59. The molecule has 24 heavy (non-hydrogen) atoms. The van der Waals surface area contributed by atoms with E-state index in [1.54, 1.807) is 20.2 Å². The molecule has 0 saturated carbocycles. The molecule has 1 aromatic carbocycles. The normalized spacial score (nSPS) is 10.3. The number of nitrogens with one attached hydrogen (secondary N) is 3. The van der Waals surface area contributed by atoms with Crippen LogP contribution in [-0.2, 0) is 0 Å². The highest BCUT2D eigenvalue weighted by Gasteiger charge is 2.11. The highest BCUT2D eigenvalue weighted by atomic mass is 16.2. The number of benzene rings is 1. The second-order valence-corrected chi connectivity index (χ2v) is 5.85. The Labute approximate surface area is 141 Å². The molecule has 0 aliphatic rings. The topological polar surface area (TPSA) is 90.1 Å². The highest BCUT2D eigenvalue weighted by Crippen LogP contribution is 2.20. The smallest absolute Gasteiger partial charge is 0.316 e. The molecule has 0 atom stereocenters. The average molecular weight is 329 g/mol. The van der Waals surface area contributed by atoms with Crippen LogP contribution in [0.15, 0.2) is 24.3 Å². The van der Waals surface area contributed by atoms with E-state index in [0.29, 0.717) is 18.8 Å². The van der Waals surface area contributed by atoms with Gasteiger partial charge in [-0.05, 0) is 37.1 Å². The summed E-state index contributed by atoms with van der Waals surface area (Å²) >= 11 is 0. The first-order valence-electron chi connectivity index (χ1n) is 7.75. The lowest BCUT2D eigenvalue weighted by atomic mass is 10.0. The maximum atomic E-state index is 12.1. The standard InChI is InChI=1S/C17H23N5O2/c1-11-5-6-13(9-12(11)2)14-10-15(21-20-14)16(23)18-7-8-19-17(24)22(3)4/h5-6,9-10H,7-8H2,1-4H3,(H,18,23)(H,19,24)(H,20,21). The minimum Gasteiger partial charge on any atom is -0.349 e. The van der Waals surface area contributed by atoms with Crippen molar-refractivity contribution in [2.75, 3.05) is 27.2 Å². The molecule has 0 radical (unpaired) electrons. The Kier molecular flexibility index (Phi) is 5.57. The minimum atomic E-state index is -0.253. The molecule has 2 rings (SSSR count). The molecule has 0 aliphatic heterocycles. The SMILES string of the molecule is Cc1ccc(-c2cc(C(=O)NCCNC(=O)N(C)C)[nH]n2)cc1C. The van der Waals surface area contributed by atoms with E-state index in [1.165, 1.54) is 16.0 Å². The molecule has 0 unspecified atom stereocenters. The van der Waals surface area contributed by atoms with Gasteiger partial charge in [0.15, 0.2) is 0 Å². The third kappa shape index (κ3) is 4.34. The van der Waals surface area contributed by atoms with Crippen molar-refractivity contribution >= 4 is 11.9 Å². The van der Waals surface area contributed by atoms with Crippen LogP contribution in [0.3, 0.4) is 0 Å². The second kappa shape index (κ2) is 7.63. The van der Waals surface area contributed by atoms with Crippen molar-refractivity contribution in [1.82, 2.24) is 25.7 Å². The van der Waals surface area contributed by atoms with Gasteiger partial charge in [-0.2, -0.15) is 5.10 Å². The van der Waals surface area contributed by atoms with Crippen LogP contribution in [0.25, 0.3) is 11.3 Å². The number of urea groups is 1. The van der Waals surface area contributed by atoms with Gasteiger partial charge in [0.2, 0.25) is 0 Å². The molecule has 1 aromatic heterocycles. The van der Waals surface area contributed by atoms with Gasteiger partial charge >= 0.3 is 6.03 Å². The van der Waals surface area contributed by atoms with Crippen molar-refractivity contribution in [3.63, 3.8) is 0 Å². The number of hydrogen-bond donors (Lipinski definition) is 3. The predicted molar refractivity (Wildman–Crippen MR) is 92.9 cm³/mol. The van der Waals surface area contributed by atoms with Gasteiger partial charge < -0.3 is 15.5 Å². The molecule has 0 aliphatic carbocycles. The van der Waals surface area contributed by atoms with E-state index in [0.717, 1.165) is 11.3 Å². The van der Waals surface area contributed by atoms with E-state index >= 15 is 0 Å². The van der Waals surface area contributed by atoms with E-state index in [4.69, 9.17) is 0 Å². The Morgan fingerprint density at radius 2 is 1.79 bits per heavy atom. The summed E-state index contributed by atoms with van der Waals surface area (Å²) in [6.07, 6.45) is 0. The number of amides is 3. The van der Waals surface area contributed by atoms with Crippen LogP contribution in [0.2, 0.25) is 0 Å². The van der Waals surface area contributed by atoms with Gasteiger partial charge in [-0.3, -0.25) is 9.89 Å². The van der Waals surface area contributed by atoms with Crippen molar-refractivity contribution in [3.8, 4) is 11.3 Å². The number of H-pyrrole nitrogens is 1. The first-order valence-corrected chi connectivity index (χ1v) is 7.75. The molecule has 0 bridgehead atoms. The molecule has 0 fully saturated rings. The fourth-order valence-corrected chi connectivity index (χ4v) is 2.09. The largest absolute Gasteiger partial charge is 0.349 e. The lowest BCUT2D eigenvalue weighted by Gasteiger charge is -2.11. The van der Waals surface area contributed by atoms with Gasteiger partial charge in [-0.1, -0.05) is 12.1 Å². The van der Waals surface area contributed by atoms with Crippen molar-refractivity contribution in [2.45, 2.75) is 13.8 Å². The molecule has 7 nitrogen and oxygen atoms in total. The number of hydrogen-bond acceptors (Lipinski definition) is 3. The fraction of sp³-hybridized carbons (Fsp3) is 0.353. The Morgan fingerprint density at radius 1 is 1.08 bits per heavy atom. The maximum absolute atomic E-state index is 12.1. The molecular formula is C17H23N5O2. The van der Waals surface area contributed by atoms with E-state index in [9.17, 15) is 9.59 Å². The first kappa shape index (κ1) is 17.5. The van der Waals surface area contributed by atoms with Gasteiger partial charge in [0.1, 0.15) is 5.69 Å². The Bertz CT molecular complexity index is 736. The summed E-state index contributed by atoms with van der Waals surface area (Å²) in [6.45, 7) is 4.80. The van der Waals surface area contributed by atoms with Gasteiger partial charge in [0.05, 0.1) is 5.69 Å². The number of aromatic nitrogens is 2. The first-order chi connectivity index (χ1) is 11.4. The third-order valence-electron chi connectivity index (χ3n) is 3.72. The number of nitrogens with zero attached hydrogens (tertiary/aromatic N) is 2. The van der Waals surface area contributed by atoms with E-state index < -0.39 is 0 Å². The zero-order valence-electron chi connectivity index (χ0n) is 14.4. The zero-order chi connectivity index (χ0) is 17.7. The molecule has 0 spiro atoms. The Morgan fingerprint density at radius 3 is 2.46 bits per heavy atom. The number of rotatable bonds is 5. The number of carbonyl (C=O) groups excluding carboxylic acids is 2. The molecule has 3 N–H and O–H groups in total. The Hall–Kier alpha value is -2.83. The van der Waals surface area contributed by atoms with Gasteiger partial charge in [-0.25, -0.2) is 4.79 Å². The van der Waals surface area contributed by atoms with Crippen molar-refractivity contribution in [2.24, 2.45) is 0 Å². The van der Waals surface area contributed by atoms with Crippen LogP contribution in [0.5, 0.6) is 0 Å². The molecule has 128 valence electrons. The molecular weight excluding hydrogens is 306 g/mol.